The Balaban J connectivity index is 1.88. The first-order chi connectivity index (χ1) is 12.2. The van der Waals surface area contributed by atoms with Crippen molar-refractivity contribution in [2.45, 2.75) is 19.0 Å². The molecule has 1 aliphatic heterocycles. The van der Waals surface area contributed by atoms with Crippen LogP contribution in [0.15, 0.2) is 46.9 Å². The number of nitrogens with zero attached hydrogens (tertiary/aromatic N) is 2. The van der Waals surface area contributed by atoms with E-state index in [9.17, 15) is 24.1 Å². The summed E-state index contributed by atoms with van der Waals surface area (Å²) < 4.78 is 13.7. The molecular formula is C17H13BrFN3O4. The molecule has 1 fully saturated rings. The van der Waals surface area contributed by atoms with E-state index in [1.165, 1.54) is 49.4 Å². The molecule has 1 N–H and O–H groups in total. The van der Waals surface area contributed by atoms with Gasteiger partial charge in [0.2, 0.25) is 0 Å². The van der Waals surface area contributed by atoms with Crippen molar-refractivity contribution in [2.24, 2.45) is 0 Å². The first-order valence-corrected chi connectivity index (χ1v) is 8.34. The monoisotopic (exact) mass is 421 g/mol. The van der Waals surface area contributed by atoms with E-state index in [0.717, 1.165) is 4.90 Å². The van der Waals surface area contributed by atoms with Crippen molar-refractivity contribution in [3.8, 4) is 0 Å². The lowest BCUT2D eigenvalue weighted by molar-refractivity contribution is -0.384. The molecule has 1 atom stereocenters. The summed E-state index contributed by atoms with van der Waals surface area (Å²) in [6.45, 7) is 1.50. The third kappa shape index (κ3) is 3.05. The summed E-state index contributed by atoms with van der Waals surface area (Å²) in [4.78, 5) is 36.4. The van der Waals surface area contributed by atoms with Crippen LogP contribution in [0.25, 0.3) is 0 Å². The van der Waals surface area contributed by atoms with Crippen molar-refractivity contribution in [2.75, 3.05) is 0 Å². The number of nitrogens with one attached hydrogen (secondary N) is 1. The highest BCUT2D eigenvalue weighted by Gasteiger charge is 2.49. The number of imide groups is 1. The largest absolute Gasteiger partial charge is 0.325 e. The second-order valence-corrected chi connectivity index (χ2v) is 6.84. The number of nitro groups is 1. The van der Waals surface area contributed by atoms with Crippen molar-refractivity contribution in [3.63, 3.8) is 0 Å². The van der Waals surface area contributed by atoms with Gasteiger partial charge in [-0.3, -0.25) is 19.8 Å². The molecule has 0 spiro atoms. The average Bonchev–Trinajstić information content (AvgIpc) is 2.81. The molecule has 26 heavy (non-hydrogen) atoms. The van der Waals surface area contributed by atoms with E-state index in [4.69, 9.17) is 0 Å². The van der Waals surface area contributed by atoms with Crippen LogP contribution in [-0.2, 0) is 16.9 Å². The van der Waals surface area contributed by atoms with E-state index in [1.54, 1.807) is 0 Å². The van der Waals surface area contributed by atoms with Crippen molar-refractivity contribution < 1.29 is 18.9 Å². The smallest absolute Gasteiger partial charge is 0.319 e. The number of urea groups is 1. The van der Waals surface area contributed by atoms with E-state index >= 15 is 0 Å². The molecule has 0 saturated carbocycles. The maximum Gasteiger partial charge on any atom is 0.325 e. The molecule has 9 heteroatoms. The molecule has 7 nitrogen and oxygen atoms in total. The number of amides is 3. The summed E-state index contributed by atoms with van der Waals surface area (Å²) in [6.07, 6.45) is 0. The van der Waals surface area contributed by atoms with Gasteiger partial charge in [-0.1, -0.05) is 22.0 Å². The van der Waals surface area contributed by atoms with Crippen LogP contribution in [0.3, 0.4) is 0 Å². The molecule has 1 aliphatic rings. The van der Waals surface area contributed by atoms with E-state index in [0.29, 0.717) is 15.6 Å². The van der Waals surface area contributed by atoms with Crippen LogP contribution < -0.4 is 5.32 Å². The SMILES string of the molecule is C[C@]1(c2ccc([N+](=O)[O-])cc2)NC(=O)N(Cc2ccc(F)cc2Br)C1=O. The zero-order chi connectivity index (χ0) is 19.1. The van der Waals surface area contributed by atoms with Gasteiger partial charge in [0, 0.05) is 16.6 Å². The van der Waals surface area contributed by atoms with Gasteiger partial charge in [0.05, 0.1) is 11.5 Å². The van der Waals surface area contributed by atoms with Crippen LogP contribution in [0.1, 0.15) is 18.1 Å². The Morgan fingerprint density at radius 1 is 1.23 bits per heavy atom. The van der Waals surface area contributed by atoms with Gasteiger partial charge in [0.15, 0.2) is 0 Å². The fraction of sp³-hybridized carbons (Fsp3) is 0.176. The third-order valence-corrected chi connectivity index (χ3v) is 5.01. The predicted octanol–water partition coefficient (Wildman–Crippen LogP) is 3.46. The molecule has 0 radical (unpaired) electrons. The van der Waals surface area contributed by atoms with Crippen molar-refractivity contribution in [3.05, 3.63) is 74.0 Å². The fourth-order valence-electron chi connectivity index (χ4n) is 2.77. The van der Waals surface area contributed by atoms with Gasteiger partial charge in [-0.25, -0.2) is 9.18 Å². The molecular weight excluding hydrogens is 409 g/mol. The number of hydrogen-bond donors (Lipinski definition) is 1. The number of benzene rings is 2. The molecule has 0 bridgehead atoms. The molecule has 2 aromatic carbocycles. The summed E-state index contributed by atoms with van der Waals surface area (Å²) in [5, 5.41) is 13.4. The number of non-ortho nitro benzene ring substituents is 1. The summed E-state index contributed by atoms with van der Waals surface area (Å²) in [5.74, 6) is -0.930. The molecule has 0 aromatic heterocycles. The van der Waals surface area contributed by atoms with Gasteiger partial charge in [-0.15, -0.1) is 0 Å². The Labute approximate surface area is 156 Å². The molecule has 0 unspecified atom stereocenters. The number of carbonyl (C=O) groups is 2. The zero-order valence-corrected chi connectivity index (χ0v) is 15.1. The van der Waals surface area contributed by atoms with Gasteiger partial charge in [-0.2, -0.15) is 0 Å². The van der Waals surface area contributed by atoms with Gasteiger partial charge in [-0.05, 0) is 42.3 Å². The lowest BCUT2D eigenvalue weighted by atomic mass is 9.92. The molecule has 134 valence electrons. The van der Waals surface area contributed by atoms with E-state index < -0.39 is 28.2 Å². The highest BCUT2D eigenvalue weighted by atomic mass is 79.9. The third-order valence-electron chi connectivity index (χ3n) is 4.27. The van der Waals surface area contributed by atoms with E-state index in [1.807, 2.05) is 0 Å². The van der Waals surface area contributed by atoms with Crippen molar-refractivity contribution in [1.29, 1.82) is 0 Å². The Kier molecular flexibility index (Phi) is 4.49. The normalized spacial score (nSPS) is 19.6. The quantitative estimate of drug-likeness (QED) is 0.464. The Hall–Kier alpha value is -2.81. The van der Waals surface area contributed by atoms with Crippen LogP contribution in [0.4, 0.5) is 14.9 Å². The van der Waals surface area contributed by atoms with Gasteiger partial charge < -0.3 is 5.32 Å². The first-order valence-electron chi connectivity index (χ1n) is 7.55. The molecule has 0 aliphatic carbocycles. The summed E-state index contributed by atoms with van der Waals surface area (Å²) in [7, 11) is 0. The standard InChI is InChI=1S/C17H13BrFN3O4/c1-17(11-3-6-13(7-4-11)22(25)26)15(23)21(16(24)20-17)9-10-2-5-12(19)8-14(10)18/h2-8H,9H2,1H3,(H,20,24)/t17-/m1/s1. The molecule has 3 amide bonds. The van der Waals surface area contributed by atoms with Crippen LogP contribution >= 0.6 is 15.9 Å². The number of rotatable bonds is 4. The summed E-state index contributed by atoms with van der Waals surface area (Å²) >= 11 is 3.22. The van der Waals surface area contributed by atoms with Crippen molar-refractivity contribution >= 4 is 33.6 Å². The minimum Gasteiger partial charge on any atom is -0.319 e. The molecule has 1 heterocycles. The second-order valence-electron chi connectivity index (χ2n) is 5.99. The Morgan fingerprint density at radius 2 is 1.88 bits per heavy atom. The molecule has 3 rings (SSSR count). The average molecular weight is 422 g/mol. The minimum absolute atomic E-state index is 0.0336. The lowest BCUT2D eigenvalue weighted by Crippen LogP contribution is -2.40. The van der Waals surface area contributed by atoms with Crippen LogP contribution in [0.5, 0.6) is 0 Å². The number of carbonyl (C=O) groups excluding carboxylic acids is 2. The number of hydrogen-bond acceptors (Lipinski definition) is 4. The lowest BCUT2D eigenvalue weighted by Gasteiger charge is -2.22. The van der Waals surface area contributed by atoms with Crippen LogP contribution in [0.2, 0.25) is 0 Å². The number of halogens is 2. The van der Waals surface area contributed by atoms with Gasteiger partial charge in [0.1, 0.15) is 11.4 Å². The number of nitro benzene ring substituents is 1. The summed E-state index contributed by atoms with van der Waals surface area (Å²) in [6, 6.07) is 8.82. The molecule has 1 saturated heterocycles. The molecule has 2 aromatic rings. The van der Waals surface area contributed by atoms with Gasteiger partial charge >= 0.3 is 6.03 Å². The maximum atomic E-state index is 13.2. The van der Waals surface area contributed by atoms with E-state index in [-0.39, 0.29) is 12.2 Å². The maximum absolute atomic E-state index is 13.2. The first kappa shape index (κ1) is 18.0. The minimum atomic E-state index is -1.33. The van der Waals surface area contributed by atoms with Gasteiger partial charge in [0.25, 0.3) is 11.6 Å². The second kappa shape index (κ2) is 6.49. The fourth-order valence-corrected chi connectivity index (χ4v) is 3.25. The van der Waals surface area contributed by atoms with Crippen LogP contribution in [-0.4, -0.2) is 21.8 Å². The predicted molar refractivity (Wildman–Crippen MR) is 93.6 cm³/mol. The highest BCUT2D eigenvalue weighted by Crippen LogP contribution is 2.31. The van der Waals surface area contributed by atoms with Crippen molar-refractivity contribution in [1.82, 2.24) is 10.2 Å². The Bertz CT molecular complexity index is 919. The Morgan fingerprint density at radius 3 is 2.46 bits per heavy atom. The summed E-state index contributed by atoms with van der Waals surface area (Å²) in [5.41, 5.74) is -0.440. The zero-order valence-electron chi connectivity index (χ0n) is 13.5. The van der Waals surface area contributed by atoms with E-state index in [2.05, 4.69) is 21.2 Å². The van der Waals surface area contributed by atoms with Crippen LogP contribution in [0, 0.1) is 15.9 Å². The topological polar surface area (TPSA) is 92.6 Å². The highest BCUT2D eigenvalue weighted by molar-refractivity contribution is 9.10.